The van der Waals surface area contributed by atoms with Crippen LogP contribution >= 0.6 is 11.6 Å². The Morgan fingerprint density at radius 3 is 2.33 bits per heavy atom. The van der Waals surface area contributed by atoms with E-state index < -0.39 is 20.8 Å². The second-order valence-corrected chi connectivity index (χ2v) is 14.0. The van der Waals surface area contributed by atoms with Gasteiger partial charge in [-0.3, -0.25) is 4.79 Å². The van der Waals surface area contributed by atoms with Gasteiger partial charge in [0.1, 0.15) is 5.69 Å². The maximum atomic E-state index is 13.9. The van der Waals surface area contributed by atoms with E-state index in [-0.39, 0.29) is 11.2 Å². The molecule has 10 nitrogen and oxygen atoms in total. The second kappa shape index (κ2) is 11.2. The van der Waals surface area contributed by atoms with Gasteiger partial charge in [0.2, 0.25) is 15.8 Å². The molecule has 1 aliphatic heterocycles. The van der Waals surface area contributed by atoms with Crippen LogP contribution in [-0.2, 0) is 15.4 Å². The first-order valence-electron chi connectivity index (χ1n) is 14.0. The molecule has 220 valence electrons. The van der Waals surface area contributed by atoms with E-state index in [1.807, 2.05) is 34.0 Å². The molecule has 0 unspecified atom stereocenters. The van der Waals surface area contributed by atoms with Crippen LogP contribution in [0.2, 0.25) is 5.02 Å². The van der Waals surface area contributed by atoms with Gasteiger partial charge in [0.15, 0.2) is 0 Å². The summed E-state index contributed by atoms with van der Waals surface area (Å²) in [6.45, 7) is 5.19. The normalized spacial score (nSPS) is 17.0. The zero-order chi connectivity index (χ0) is 29.5. The van der Waals surface area contributed by atoms with Crippen molar-refractivity contribution in [1.29, 1.82) is 0 Å². The Kier molecular flexibility index (Phi) is 7.59. The van der Waals surface area contributed by atoms with Gasteiger partial charge in [-0.05, 0) is 68.7 Å². The number of halogens is 1. The Morgan fingerprint density at radius 2 is 1.71 bits per heavy atom. The summed E-state index contributed by atoms with van der Waals surface area (Å²) >= 11 is 6.21. The van der Waals surface area contributed by atoms with Crippen molar-refractivity contribution in [3.63, 3.8) is 0 Å². The predicted octanol–water partition coefficient (Wildman–Crippen LogP) is 4.04. The maximum absolute atomic E-state index is 13.9. The summed E-state index contributed by atoms with van der Waals surface area (Å²) in [7, 11) is -3.36. The smallest absolute Gasteiger partial charge is 0.316 e. The Labute approximate surface area is 250 Å². The quantitative estimate of drug-likeness (QED) is 0.283. The number of piperazine rings is 1. The number of sulfonamides is 1. The first-order valence-corrected chi connectivity index (χ1v) is 15.9. The van der Waals surface area contributed by atoms with Gasteiger partial charge in [0.05, 0.1) is 29.4 Å². The standard InChI is InChI=1S/C30H33ClN6O4S/c1-22(2)42(39,40)35-17-15-34(16-18-35)27-20-33-37(26-6-3-5-24(31)19-26)29(38)28(27)41-21-30(11-12-30)23-7-9-25(10-8-23)36-14-4-13-32-36/h3-10,13-14,19-20,22H,11-12,15-18,21H2,1-2H3. The van der Waals surface area contributed by atoms with Crippen LogP contribution < -0.4 is 15.2 Å². The zero-order valence-corrected chi connectivity index (χ0v) is 25.1. The van der Waals surface area contributed by atoms with Crippen LogP contribution in [0.5, 0.6) is 5.75 Å². The second-order valence-electron chi connectivity index (χ2n) is 11.1. The highest BCUT2D eigenvalue weighted by Gasteiger charge is 2.45. The van der Waals surface area contributed by atoms with Crippen molar-refractivity contribution in [2.24, 2.45) is 0 Å². The lowest BCUT2D eigenvalue weighted by atomic mass is 9.97. The molecule has 12 heteroatoms. The first kappa shape index (κ1) is 28.4. The van der Waals surface area contributed by atoms with E-state index in [9.17, 15) is 13.2 Å². The minimum Gasteiger partial charge on any atom is -0.485 e. The molecule has 0 amide bonds. The molecule has 0 N–H and O–H groups in total. The Morgan fingerprint density at radius 1 is 0.976 bits per heavy atom. The van der Waals surface area contributed by atoms with Gasteiger partial charge < -0.3 is 9.64 Å². The molecule has 0 atom stereocenters. The van der Waals surface area contributed by atoms with E-state index in [4.69, 9.17) is 16.3 Å². The topological polar surface area (TPSA) is 103 Å². The number of hydrogen-bond acceptors (Lipinski definition) is 7. The SMILES string of the molecule is CC(C)S(=O)(=O)N1CCN(c2cnn(-c3cccc(Cl)c3)c(=O)c2OCC2(c3ccc(-n4cccn4)cc3)CC2)CC1. The average molecular weight is 609 g/mol. The molecule has 1 aliphatic carbocycles. The fourth-order valence-corrected chi connectivity index (χ4v) is 6.78. The summed E-state index contributed by atoms with van der Waals surface area (Å²) < 4.78 is 36.5. The van der Waals surface area contributed by atoms with Crippen LogP contribution in [0.4, 0.5) is 5.69 Å². The van der Waals surface area contributed by atoms with Gasteiger partial charge in [-0.15, -0.1) is 0 Å². The van der Waals surface area contributed by atoms with E-state index in [0.29, 0.717) is 49.2 Å². The molecule has 0 radical (unpaired) electrons. The summed E-state index contributed by atoms with van der Waals surface area (Å²) in [5, 5.41) is 8.76. The summed E-state index contributed by atoms with van der Waals surface area (Å²) in [5.41, 5.74) is 2.63. The molecule has 2 aliphatic rings. The molecule has 1 saturated heterocycles. The Hall–Kier alpha value is -3.67. The molecule has 3 heterocycles. The third-order valence-corrected chi connectivity index (χ3v) is 10.6. The average Bonchev–Trinajstić information content (AvgIpc) is 3.58. The Balaban J connectivity index is 1.29. The number of hydrogen-bond donors (Lipinski definition) is 0. The largest absolute Gasteiger partial charge is 0.485 e. The molecule has 2 fully saturated rings. The lowest BCUT2D eigenvalue weighted by Crippen LogP contribution is -2.50. The third kappa shape index (κ3) is 5.44. The van der Waals surface area contributed by atoms with Crippen molar-refractivity contribution < 1.29 is 13.2 Å². The van der Waals surface area contributed by atoms with Gasteiger partial charge in [0, 0.05) is 49.0 Å². The van der Waals surface area contributed by atoms with E-state index in [0.717, 1.165) is 24.1 Å². The molecule has 4 aromatic rings. The number of ether oxygens (including phenoxy) is 1. The highest BCUT2D eigenvalue weighted by atomic mass is 35.5. The van der Waals surface area contributed by atoms with Crippen molar-refractivity contribution >= 4 is 27.3 Å². The highest BCUT2D eigenvalue weighted by molar-refractivity contribution is 7.89. The van der Waals surface area contributed by atoms with Crippen LogP contribution in [0.3, 0.4) is 0 Å². The molecule has 6 rings (SSSR count). The van der Waals surface area contributed by atoms with Crippen LogP contribution in [0.25, 0.3) is 11.4 Å². The maximum Gasteiger partial charge on any atom is 0.316 e. The van der Waals surface area contributed by atoms with Gasteiger partial charge in [-0.1, -0.05) is 29.8 Å². The number of benzene rings is 2. The molecule has 1 saturated carbocycles. The van der Waals surface area contributed by atoms with Crippen molar-refractivity contribution in [3.05, 3.63) is 94.1 Å². The molecule has 0 bridgehead atoms. The van der Waals surface area contributed by atoms with E-state index in [1.165, 1.54) is 8.99 Å². The molecule has 2 aromatic heterocycles. The fourth-order valence-electron chi connectivity index (χ4n) is 5.33. The van der Waals surface area contributed by atoms with E-state index in [1.54, 1.807) is 50.5 Å². The summed E-state index contributed by atoms with van der Waals surface area (Å²) in [5.74, 6) is 0.199. The number of aromatic nitrogens is 4. The van der Waals surface area contributed by atoms with Gasteiger partial charge >= 0.3 is 5.56 Å². The van der Waals surface area contributed by atoms with Crippen LogP contribution in [0, 0.1) is 0 Å². The molecular weight excluding hydrogens is 576 g/mol. The van der Waals surface area contributed by atoms with Gasteiger partial charge in [0.25, 0.3) is 0 Å². The van der Waals surface area contributed by atoms with E-state index >= 15 is 0 Å². The summed E-state index contributed by atoms with van der Waals surface area (Å²) in [6.07, 6.45) is 7.17. The van der Waals surface area contributed by atoms with Crippen molar-refractivity contribution in [2.45, 2.75) is 37.4 Å². The molecular formula is C30H33ClN6O4S. The monoisotopic (exact) mass is 608 g/mol. The van der Waals surface area contributed by atoms with Crippen LogP contribution in [0.1, 0.15) is 32.3 Å². The summed E-state index contributed by atoms with van der Waals surface area (Å²) in [4.78, 5) is 15.9. The molecule has 0 spiro atoms. The lowest BCUT2D eigenvalue weighted by Gasteiger charge is -2.36. The van der Waals surface area contributed by atoms with Crippen molar-refractivity contribution in [3.8, 4) is 17.1 Å². The molecule has 42 heavy (non-hydrogen) atoms. The Bertz CT molecular complexity index is 1730. The zero-order valence-electron chi connectivity index (χ0n) is 23.6. The van der Waals surface area contributed by atoms with Crippen LogP contribution in [0.15, 0.2) is 78.0 Å². The van der Waals surface area contributed by atoms with Crippen molar-refractivity contribution in [1.82, 2.24) is 23.9 Å². The molecule has 2 aromatic carbocycles. The van der Waals surface area contributed by atoms with Crippen LogP contribution in [-0.4, -0.2) is 70.3 Å². The van der Waals surface area contributed by atoms with Gasteiger partial charge in [-0.2, -0.15) is 19.2 Å². The predicted molar refractivity (Wildman–Crippen MR) is 163 cm³/mol. The minimum atomic E-state index is -3.36. The minimum absolute atomic E-state index is 0.194. The lowest BCUT2D eigenvalue weighted by molar-refractivity contribution is 0.272. The number of nitrogens with zero attached hydrogens (tertiary/aromatic N) is 6. The number of rotatable bonds is 9. The van der Waals surface area contributed by atoms with Crippen molar-refractivity contribution in [2.75, 3.05) is 37.7 Å². The fraction of sp³-hybridized carbons (Fsp3) is 0.367. The third-order valence-electron chi connectivity index (χ3n) is 8.10. The summed E-state index contributed by atoms with van der Waals surface area (Å²) in [6, 6.07) is 17.1. The van der Waals surface area contributed by atoms with E-state index in [2.05, 4.69) is 22.3 Å². The first-order chi connectivity index (χ1) is 20.2. The highest BCUT2D eigenvalue weighted by Crippen LogP contribution is 2.48. The van der Waals surface area contributed by atoms with Gasteiger partial charge in [-0.25, -0.2) is 13.1 Å². The number of anilines is 1.